The molecular formula is C25H38NO+. The quantitative estimate of drug-likeness (QED) is 0.285. The summed E-state index contributed by atoms with van der Waals surface area (Å²) in [5.41, 5.74) is 1.45. The molecule has 0 radical (unpaired) electrons. The van der Waals surface area contributed by atoms with E-state index in [4.69, 9.17) is 4.74 Å². The van der Waals surface area contributed by atoms with Crippen molar-refractivity contribution in [3.63, 3.8) is 0 Å². The van der Waals surface area contributed by atoms with Crippen LogP contribution in [-0.2, 0) is 0 Å². The van der Waals surface area contributed by atoms with Crippen LogP contribution in [0.4, 0.5) is 0 Å². The lowest BCUT2D eigenvalue weighted by Gasteiger charge is -2.38. The lowest BCUT2D eigenvalue weighted by Crippen LogP contribution is -2.46. The van der Waals surface area contributed by atoms with Crippen LogP contribution in [0.1, 0.15) is 63.5 Å². The van der Waals surface area contributed by atoms with Crippen LogP contribution in [0.2, 0.25) is 0 Å². The normalized spacial score (nSPS) is 12.7. The van der Waals surface area contributed by atoms with Gasteiger partial charge in [-0.15, -0.1) is 0 Å². The number of unbranched alkanes of at least 4 members (excludes halogenated alkanes) is 5. The van der Waals surface area contributed by atoms with Crippen molar-refractivity contribution in [2.24, 2.45) is 0 Å². The highest BCUT2D eigenvalue weighted by Crippen LogP contribution is 2.30. The summed E-state index contributed by atoms with van der Waals surface area (Å²) in [6.07, 6.45) is 9.36. The number of hydrogen-bond donors (Lipinski definition) is 0. The Morgan fingerprint density at radius 3 is 2.04 bits per heavy atom. The van der Waals surface area contributed by atoms with Crippen LogP contribution in [0.5, 0.6) is 5.75 Å². The van der Waals surface area contributed by atoms with E-state index in [2.05, 4.69) is 51.4 Å². The summed E-state index contributed by atoms with van der Waals surface area (Å²) in [6.45, 7) is 4.03. The number of benzene rings is 2. The third-order valence-electron chi connectivity index (χ3n) is 5.54. The molecule has 0 saturated carbocycles. The minimum Gasteiger partial charge on any atom is -0.488 e. The van der Waals surface area contributed by atoms with Gasteiger partial charge in [0.25, 0.3) is 0 Å². The first-order valence-corrected chi connectivity index (χ1v) is 10.7. The lowest BCUT2D eigenvalue weighted by molar-refractivity contribution is -0.921. The van der Waals surface area contributed by atoms with E-state index in [1.54, 1.807) is 0 Å². The Balaban J connectivity index is 1.91. The standard InChI is InChI=1S/C25H38NO/c1-4-5-6-7-8-15-20-25(23-16-11-9-12-17-23)26(2,3)21-22-27-24-18-13-10-14-19-24/h9-14,16-19,25H,4-8,15,20-22H2,1-3H3/q+1. The van der Waals surface area contributed by atoms with Gasteiger partial charge in [0.1, 0.15) is 24.9 Å². The van der Waals surface area contributed by atoms with Crippen LogP contribution in [0.25, 0.3) is 0 Å². The Morgan fingerprint density at radius 2 is 1.37 bits per heavy atom. The first-order chi connectivity index (χ1) is 13.1. The molecule has 0 heterocycles. The molecule has 0 fully saturated rings. The maximum atomic E-state index is 5.98. The van der Waals surface area contributed by atoms with Gasteiger partial charge in [0.2, 0.25) is 0 Å². The van der Waals surface area contributed by atoms with E-state index >= 15 is 0 Å². The molecule has 0 bridgehead atoms. The minimum atomic E-state index is 0.525. The van der Waals surface area contributed by atoms with E-state index in [0.717, 1.165) is 23.4 Å². The molecule has 2 nitrogen and oxygen atoms in total. The van der Waals surface area contributed by atoms with Crippen molar-refractivity contribution in [3.05, 3.63) is 66.2 Å². The maximum absolute atomic E-state index is 5.98. The summed E-state index contributed by atoms with van der Waals surface area (Å²) in [5, 5.41) is 0. The van der Waals surface area contributed by atoms with Crippen LogP contribution in [0.15, 0.2) is 60.7 Å². The van der Waals surface area contributed by atoms with Gasteiger partial charge in [-0.25, -0.2) is 0 Å². The second-order valence-corrected chi connectivity index (χ2v) is 8.15. The van der Waals surface area contributed by atoms with Crippen molar-refractivity contribution in [1.82, 2.24) is 0 Å². The zero-order chi connectivity index (χ0) is 19.4. The second-order valence-electron chi connectivity index (χ2n) is 8.15. The molecule has 1 unspecified atom stereocenters. The van der Waals surface area contributed by atoms with Gasteiger partial charge in [0, 0.05) is 12.0 Å². The molecule has 2 aromatic rings. The minimum absolute atomic E-state index is 0.525. The fourth-order valence-corrected chi connectivity index (χ4v) is 3.78. The van der Waals surface area contributed by atoms with Gasteiger partial charge in [-0.2, -0.15) is 0 Å². The van der Waals surface area contributed by atoms with Gasteiger partial charge in [-0.1, -0.05) is 87.6 Å². The molecule has 0 spiro atoms. The number of rotatable bonds is 13. The Bertz CT molecular complexity index is 609. The largest absolute Gasteiger partial charge is 0.488 e. The molecule has 2 aromatic carbocycles. The van der Waals surface area contributed by atoms with E-state index in [1.165, 1.54) is 50.5 Å². The number of quaternary nitrogens is 1. The second kappa shape index (κ2) is 11.8. The first kappa shape index (κ1) is 21.5. The molecule has 2 heteroatoms. The molecule has 1 atom stereocenters. The van der Waals surface area contributed by atoms with Gasteiger partial charge in [0.05, 0.1) is 14.1 Å². The molecule has 0 saturated heterocycles. The monoisotopic (exact) mass is 368 g/mol. The van der Waals surface area contributed by atoms with E-state index in [1.807, 2.05) is 30.3 Å². The average Bonchev–Trinajstić information content (AvgIpc) is 2.68. The predicted molar refractivity (Wildman–Crippen MR) is 116 cm³/mol. The summed E-state index contributed by atoms with van der Waals surface area (Å²) in [6, 6.07) is 21.7. The van der Waals surface area contributed by atoms with Crippen molar-refractivity contribution in [3.8, 4) is 5.75 Å². The summed E-state index contributed by atoms with van der Waals surface area (Å²) >= 11 is 0. The van der Waals surface area contributed by atoms with Crippen LogP contribution in [-0.4, -0.2) is 31.7 Å². The number of para-hydroxylation sites is 1. The fourth-order valence-electron chi connectivity index (χ4n) is 3.78. The number of nitrogens with zero attached hydrogens (tertiary/aromatic N) is 1. The van der Waals surface area contributed by atoms with Gasteiger partial charge in [-0.3, -0.25) is 0 Å². The molecular weight excluding hydrogens is 330 g/mol. The van der Waals surface area contributed by atoms with Gasteiger partial charge in [-0.05, 0) is 18.6 Å². The summed E-state index contributed by atoms with van der Waals surface area (Å²) in [5.74, 6) is 0.963. The van der Waals surface area contributed by atoms with Crippen molar-refractivity contribution < 1.29 is 9.22 Å². The third-order valence-corrected chi connectivity index (χ3v) is 5.54. The number of ether oxygens (including phenoxy) is 1. The summed E-state index contributed by atoms with van der Waals surface area (Å²) in [4.78, 5) is 0. The van der Waals surface area contributed by atoms with Crippen molar-refractivity contribution in [2.75, 3.05) is 27.2 Å². The van der Waals surface area contributed by atoms with E-state index in [9.17, 15) is 0 Å². The third kappa shape index (κ3) is 7.76. The van der Waals surface area contributed by atoms with Gasteiger partial charge >= 0.3 is 0 Å². The molecule has 27 heavy (non-hydrogen) atoms. The first-order valence-electron chi connectivity index (χ1n) is 10.7. The van der Waals surface area contributed by atoms with Gasteiger partial charge < -0.3 is 9.22 Å². The molecule has 0 amide bonds. The zero-order valence-corrected chi connectivity index (χ0v) is 17.6. The number of hydrogen-bond acceptors (Lipinski definition) is 1. The Hall–Kier alpha value is -1.80. The van der Waals surface area contributed by atoms with E-state index in [0.29, 0.717) is 6.04 Å². The molecule has 0 aromatic heterocycles. The Morgan fingerprint density at radius 1 is 0.778 bits per heavy atom. The van der Waals surface area contributed by atoms with Crippen LogP contribution >= 0.6 is 0 Å². The van der Waals surface area contributed by atoms with Crippen molar-refractivity contribution in [2.45, 2.75) is 57.9 Å². The predicted octanol–water partition coefficient (Wildman–Crippen LogP) is 6.63. The summed E-state index contributed by atoms with van der Waals surface area (Å²) < 4.78 is 6.95. The van der Waals surface area contributed by atoms with Gasteiger partial charge in [0.15, 0.2) is 0 Å². The summed E-state index contributed by atoms with van der Waals surface area (Å²) in [7, 11) is 4.70. The van der Waals surface area contributed by atoms with Crippen molar-refractivity contribution in [1.29, 1.82) is 0 Å². The molecule has 148 valence electrons. The van der Waals surface area contributed by atoms with E-state index < -0.39 is 0 Å². The average molecular weight is 369 g/mol. The molecule has 0 N–H and O–H groups in total. The highest BCUT2D eigenvalue weighted by Gasteiger charge is 2.29. The van der Waals surface area contributed by atoms with E-state index in [-0.39, 0.29) is 0 Å². The fraction of sp³-hybridized carbons (Fsp3) is 0.520. The SMILES string of the molecule is CCCCCCCCC(c1ccccc1)[N+](C)(C)CCOc1ccccc1. The Kier molecular flexibility index (Phi) is 9.41. The smallest absolute Gasteiger partial charge is 0.137 e. The highest BCUT2D eigenvalue weighted by atomic mass is 16.5. The van der Waals surface area contributed by atoms with Crippen LogP contribution < -0.4 is 4.74 Å². The lowest BCUT2D eigenvalue weighted by atomic mass is 9.97. The molecule has 0 aliphatic carbocycles. The molecule has 2 rings (SSSR count). The highest BCUT2D eigenvalue weighted by molar-refractivity contribution is 5.21. The molecule has 0 aliphatic heterocycles. The van der Waals surface area contributed by atoms with Crippen LogP contribution in [0, 0.1) is 0 Å². The Labute approximate surface area is 166 Å². The molecule has 0 aliphatic rings. The number of likely N-dealkylation sites (N-methyl/N-ethyl adjacent to an activating group) is 1. The maximum Gasteiger partial charge on any atom is 0.137 e. The van der Waals surface area contributed by atoms with Crippen LogP contribution in [0.3, 0.4) is 0 Å². The van der Waals surface area contributed by atoms with Crippen molar-refractivity contribution >= 4 is 0 Å². The zero-order valence-electron chi connectivity index (χ0n) is 17.6. The topological polar surface area (TPSA) is 9.23 Å².